The predicted molar refractivity (Wildman–Crippen MR) is 101 cm³/mol. The van der Waals surface area contributed by atoms with Crippen molar-refractivity contribution in [2.24, 2.45) is 10.7 Å². The molecular weight excluding hydrogens is 308 g/mol. The monoisotopic (exact) mass is 346 g/mol. The Morgan fingerprint density at radius 1 is 1.21 bits per heavy atom. The first kappa shape index (κ1) is 27.1. The third kappa shape index (κ3) is 13.8. The highest BCUT2D eigenvalue weighted by molar-refractivity contribution is 5.91. The summed E-state index contributed by atoms with van der Waals surface area (Å²) < 4.78 is 4.42. The first-order chi connectivity index (χ1) is 11.4. The van der Waals surface area contributed by atoms with Crippen LogP contribution in [0.25, 0.3) is 0 Å². The Morgan fingerprint density at radius 2 is 1.71 bits per heavy atom. The molecule has 0 rings (SSSR count). The predicted octanol–water partition coefficient (Wildman–Crippen LogP) is 2.79. The lowest BCUT2D eigenvalue weighted by atomic mass is 10.2. The first-order valence-electron chi connectivity index (χ1n) is 8.80. The van der Waals surface area contributed by atoms with Gasteiger partial charge in [-0.3, -0.25) is 9.79 Å². The minimum atomic E-state index is -0.632. The van der Waals surface area contributed by atoms with Crippen LogP contribution in [0, 0.1) is 0 Å². The van der Waals surface area contributed by atoms with E-state index in [0.29, 0.717) is 18.9 Å². The molecule has 7 heteroatoms. The highest BCUT2D eigenvalue weighted by atomic mass is 16.5. The number of carbonyl (C=O) groups excluding carboxylic acids is 2. The van der Waals surface area contributed by atoms with Crippen molar-refractivity contribution in [2.75, 3.05) is 26.7 Å². The van der Waals surface area contributed by atoms with Crippen LogP contribution in [0.1, 0.15) is 61.3 Å². The molecule has 0 aliphatic rings. The number of methoxy groups -OCH3 is 1. The van der Waals surface area contributed by atoms with Gasteiger partial charge in [-0.05, 0) is 20.3 Å². The fourth-order valence-electron chi connectivity index (χ4n) is 1.57. The maximum atomic E-state index is 12.0. The Morgan fingerprint density at radius 3 is 2.08 bits per heavy atom. The van der Waals surface area contributed by atoms with Crippen molar-refractivity contribution >= 4 is 17.8 Å². The number of amides is 2. The number of hydrogen-bond acceptors (Lipinski definition) is 4. The van der Waals surface area contributed by atoms with Gasteiger partial charge in [-0.2, -0.15) is 0 Å². The third-order valence-electron chi connectivity index (χ3n) is 2.59. The summed E-state index contributed by atoms with van der Waals surface area (Å²) in [4.78, 5) is 28.7. The van der Waals surface area contributed by atoms with Gasteiger partial charge in [0.15, 0.2) is 0 Å². The van der Waals surface area contributed by atoms with Crippen molar-refractivity contribution in [1.29, 1.82) is 0 Å². The van der Waals surface area contributed by atoms with Gasteiger partial charge in [0.25, 0.3) is 0 Å². The summed E-state index contributed by atoms with van der Waals surface area (Å²) in [6.07, 6.45) is 1.42. The van der Waals surface area contributed by atoms with E-state index in [9.17, 15) is 9.59 Å². The highest BCUT2D eigenvalue weighted by Gasteiger charge is 2.22. The molecule has 0 fully saturated rings. The van der Waals surface area contributed by atoms with Crippen molar-refractivity contribution in [2.45, 2.75) is 67.3 Å². The van der Waals surface area contributed by atoms with E-state index in [1.807, 2.05) is 34.6 Å². The zero-order chi connectivity index (χ0) is 19.5. The molecule has 0 radical (unpaired) electrons. The second-order valence-corrected chi connectivity index (χ2v) is 4.71. The van der Waals surface area contributed by atoms with Crippen molar-refractivity contribution in [3.63, 3.8) is 0 Å². The molecule has 0 aliphatic carbocycles. The molecular formula is C17H38N4O3. The number of nitrogens with one attached hydrogen (secondary N) is 1. The fourth-order valence-corrected chi connectivity index (χ4v) is 1.57. The van der Waals surface area contributed by atoms with E-state index in [2.05, 4.69) is 28.9 Å². The molecule has 0 saturated carbocycles. The quantitative estimate of drug-likeness (QED) is 0.547. The maximum Gasteiger partial charge on any atom is 0.407 e. The largest absolute Gasteiger partial charge is 0.453 e. The average Bonchev–Trinajstić information content (AvgIpc) is 2.59. The van der Waals surface area contributed by atoms with E-state index in [0.717, 1.165) is 6.42 Å². The second-order valence-electron chi connectivity index (χ2n) is 4.71. The van der Waals surface area contributed by atoms with Crippen molar-refractivity contribution in [3.05, 3.63) is 0 Å². The lowest BCUT2D eigenvalue weighted by Crippen LogP contribution is -2.50. The average molecular weight is 347 g/mol. The summed E-state index contributed by atoms with van der Waals surface area (Å²) in [6, 6.07) is -0.285. The summed E-state index contributed by atoms with van der Waals surface area (Å²) in [5.74, 6) is 0.205. The molecule has 0 saturated heterocycles. The van der Waals surface area contributed by atoms with Crippen molar-refractivity contribution in [3.8, 4) is 0 Å². The number of amidine groups is 1. The SMILES string of the molecule is CC.CCC.CCCN(C(=O)CNC(=O)OC)C(C)C(N)=NCC. The molecule has 0 heterocycles. The number of nitrogens with zero attached hydrogens (tertiary/aromatic N) is 2. The number of ether oxygens (including phenoxy) is 1. The van der Waals surface area contributed by atoms with Gasteiger partial charge in [0, 0.05) is 13.1 Å². The molecule has 0 aromatic carbocycles. The van der Waals surface area contributed by atoms with Gasteiger partial charge in [-0.25, -0.2) is 4.79 Å². The molecule has 2 amide bonds. The topological polar surface area (TPSA) is 97.0 Å². The lowest BCUT2D eigenvalue weighted by molar-refractivity contribution is -0.131. The molecule has 7 nitrogen and oxygen atoms in total. The number of aliphatic imine (C=N–C) groups is 1. The molecule has 24 heavy (non-hydrogen) atoms. The molecule has 0 spiro atoms. The van der Waals surface area contributed by atoms with Crippen LogP contribution < -0.4 is 11.1 Å². The smallest absolute Gasteiger partial charge is 0.407 e. The zero-order valence-corrected chi connectivity index (χ0v) is 16.8. The Bertz CT molecular complexity index is 347. The highest BCUT2D eigenvalue weighted by Crippen LogP contribution is 2.02. The molecule has 0 aromatic heterocycles. The normalized spacial score (nSPS) is 11.1. The van der Waals surface area contributed by atoms with Crippen LogP contribution in [0.4, 0.5) is 4.79 Å². The van der Waals surface area contributed by atoms with E-state index in [1.165, 1.54) is 13.5 Å². The number of nitrogens with two attached hydrogens (primary N) is 1. The molecule has 0 aliphatic heterocycles. The van der Waals surface area contributed by atoms with E-state index < -0.39 is 6.09 Å². The van der Waals surface area contributed by atoms with E-state index in [4.69, 9.17) is 5.73 Å². The summed E-state index contributed by atoms with van der Waals surface area (Å²) >= 11 is 0. The molecule has 1 unspecified atom stereocenters. The fraction of sp³-hybridized carbons (Fsp3) is 0.824. The maximum absolute atomic E-state index is 12.0. The van der Waals surface area contributed by atoms with Gasteiger partial charge in [0.2, 0.25) is 5.91 Å². The second kappa shape index (κ2) is 19.3. The van der Waals surface area contributed by atoms with Crippen LogP contribution in [0.5, 0.6) is 0 Å². The van der Waals surface area contributed by atoms with Gasteiger partial charge in [0.05, 0.1) is 13.2 Å². The first-order valence-corrected chi connectivity index (χ1v) is 8.80. The minimum absolute atomic E-state index is 0.115. The summed E-state index contributed by atoms with van der Waals surface area (Å²) in [5.41, 5.74) is 5.82. The number of hydrogen-bond donors (Lipinski definition) is 2. The van der Waals surface area contributed by atoms with E-state index in [1.54, 1.807) is 4.90 Å². The van der Waals surface area contributed by atoms with E-state index >= 15 is 0 Å². The summed E-state index contributed by atoms with van der Waals surface area (Å²) in [6.45, 7) is 14.9. The zero-order valence-electron chi connectivity index (χ0n) is 16.8. The number of carbonyl (C=O) groups is 2. The van der Waals surface area contributed by atoms with Crippen molar-refractivity contribution in [1.82, 2.24) is 10.2 Å². The van der Waals surface area contributed by atoms with Crippen LogP contribution in [0.3, 0.4) is 0 Å². The Balaban J connectivity index is -0.000000786. The van der Waals surface area contributed by atoms with Gasteiger partial charge in [0.1, 0.15) is 12.4 Å². The van der Waals surface area contributed by atoms with Crippen molar-refractivity contribution < 1.29 is 14.3 Å². The Labute approximate surface area is 148 Å². The standard InChI is InChI=1S/C12H24N4O3.C3H8.C2H6/c1-5-7-16(9(3)11(13)14-6-2)10(17)8-15-12(18)19-4;1-3-2;1-2/h9H,5-8H2,1-4H3,(H2,13,14)(H,15,18);3H2,1-2H3;1-2H3. The van der Waals surface area contributed by atoms with Crippen LogP contribution in [-0.4, -0.2) is 55.5 Å². The Hall–Kier alpha value is -1.79. The minimum Gasteiger partial charge on any atom is -0.453 e. The van der Waals surface area contributed by atoms with Gasteiger partial charge < -0.3 is 20.7 Å². The third-order valence-corrected chi connectivity index (χ3v) is 2.59. The van der Waals surface area contributed by atoms with Gasteiger partial charge >= 0.3 is 6.09 Å². The molecule has 3 N–H and O–H groups in total. The molecule has 0 aromatic rings. The molecule has 144 valence electrons. The lowest BCUT2D eigenvalue weighted by Gasteiger charge is -2.28. The number of alkyl carbamates (subject to hydrolysis) is 1. The van der Waals surface area contributed by atoms with Crippen LogP contribution >= 0.6 is 0 Å². The van der Waals surface area contributed by atoms with Crippen LogP contribution in [0.15, 0.2) is 4.99 Å². The summed E-state index contributed by atoms with van der Waals surface area (Å²) in [7, 11) is 1.25. The molecule has 1 atom stereocenters. The Kier molecular flexibility index (Phi) is 21.7. The molecule has 0 bridgehead atoms. The number of rotatable bonds is 7. The van der Waals surface area contributed by atoms with E-state index in [-0.39, 0.29) is 18.5 Å². The van der Waals surface area contributed by atoms with Crippen LogP contribution in [0.2, 0.25) is 0 Å². The van der Waals surface area contributed by atoms with Crippen LogP contribution in [-0.2, 0) is 9.53 Å². The van der Waals surface area contributed by atoms with Gasteiger partial charge in [-0.1, -0.05) is 41.0 Å². The summed E-state index contributed by atoms with van der Waals surface area (Å²) in [5, 5.41) is 2.36. The van der Waals surface area contributed by atoms with Gasteiger partial charge in [-0.15, -0.1) is 0 Å².